The van der Waals surface area contributed by atoms with Crippen LogP contribution in [0.2, 0.25) is 0 Å². The Balaban J connectivity index is 1.14. The van der Waals surface area contributed by atoms with Crippen molar-refractivity contribution in [1.82, 2.24) is 34.3 Å². The normalized spacial score (nSPS) is 18.5. The average molecular weight is 533 g/mol. The number of fused-ring (bicyclic) bond motifs is 3. The number of piperidine rings is 1. The topological polar surface area (TPSA) is 126 Å². The first-order valence-electron chi connectivity index (χ1n) is 13.2. The van der Waals surface area contributed by atoms with Crippen molar-refractivity contribution >= 4 is 17.2 Å². The second-order valence-electron chi connectivity index (χ2n) is 10.4. The van der Waals surface area contributed by atoms with E-state index < -0.39 is 0 Å². The van der Waals surface area contributed by atoms with Crippen molar-refractivity contribution in [1.29, 1.82) is 5.26 Å². The fourth-order valence-electron chi connectivity index (χ4n) is 5.96. The zero-order valence-corrected chi connectivity index (χ0v) is 22.3. The molecule has 8 rings (SSSR count). The molecule has 3 aliphatic heterocycles. The number of pyridine rings is 3. The molecule has 200 valence electrons. The zero-order chi connectivity index (χ0) is 27.4. The third kappa shape index (κ3) is 4.01. The summed E-state index contributed by atoms with van der Waals surface area (Å²) in [6, 6.07) is 13.4. The molecule has 11 nitrogen and oxygen atoms in total. The molecule has 0 spiro atoms. The second kappa shape index (κ2) is 9.36. The Morgan fingerprint density at radius 3 is 2.52 bits per heavy atom. The molecule has 2 N–H and O–H groups in total. The highest BCUT2D eigenvalue weighted by atomic mass is 16.5. The van der Waals surface area contributed by atoms with Gasteiger partial charge in [0, 0.05) is 91.9 Å². The molecule has 0 radical (unpaired) electrons. The fourth-order valence-corrected chi connectivity index (χ4v) is 5.96. The van der Waals surface area contributed by atoms with E-state index in [-0.39, 0.29) is 5.82 Å². The Hall–Kier alpha value is -4.95. The molecule has 0 aromatic carbocycles. The van der Waals surface area contributed by atoms with Gasteiger partial charge in [-0.05, 0) is 30.2 Å². The molecule has 2 unspecified atom stereocenters. The molecule has 8 heterocycles. The van der Waals surface area contributed by atoms with Crippen molar-refractivity contribution in [2.24, 2.45) is 7.05 Å². The monoisotopic (exact) mass is 532 g/mol. The predicted molar refractivity (Wildman–Crippen MR) is 150 cm³/mol. The van der Waals surface area contributed by atoms with E-state index in [0.29, 0.717) is 29.0 Å². The standard InChI is InChI=1S/C29H28N10O/c1-36-14-21(12-34-36)20-7-24(28-25(9-30)29(31)35-39(28)15-20)19-4-5-26(32-11-19)37-16-22-8-23(17-37)38(22)13-18-3-6-27(40-2)33-10-18/h3-7,10-12,14-15,22-23H,8,13,16-17H2,1-2H3,(H2,31,35). The molecule has 0 saturated carbocycles. The highest BCUT2D eigenvalue weighted by molar-refractivity contribution is 5.90. The van der Waals surface area contributed by atoms with E-state index in [4.69, 9.17) is 15.5 Å². The molecule has 5 aromatic heterocycles. The first-order valence-corrected chi connectivity index (χ1v) is 13.2. The quantitative estimate of drug-likeness (QED) is 0.351. The summed E-state index contributed by atoms with van der Waals surface area (Å²) in [5, 5.41) is 18.5. The van der Waals surface area contributed by atoms with E-state index in [1.165, 1.54) is 12.0 Å². The maximum absolute atomic E-state index is 9.82. The highest BCUT2D eigenvalue weighted by Crippen LogP contribution is 2.37. The summed E-state index contributed by atoms with van der Waals surface area (Å²) in [6.07, 6.45) is 10.6. The molecule has 3 aliphatic rings. The van der Waals surface area contributed by atoms with Gasteiger partial charge >= 0.3 is 0 Å². The van der Waals surface area contributed by atoms with Gasteiger partial charge in [0.25, 0.3) is 0 Å². The van der Waals surface area contributed by atoms with E-state index in [9.17, 15) is 5.26 Å². The maximum atomic E-state index is 9.82. The number of nitrogens with zero attached hydrogens (tertiary/aromatic N) is 9. The number of methoxy groups -OCH3 is 1. The lowest BCUT2D eigenvalue weighted by atomic mass is 9.87. The lowest BCUT2D eigenvalue weighted by molar-refractivity contribution is -0.00876. The van der Waals surface area contributed by atoms with Crippen LogP contribution in [0.25, 0.3) is 27.8 Å². The van der Waals surface area contributed by atoms with Crippen LogP contribution in [-0.2, 0) is 13.6 Å². The number of piperazine rings is 1. The Bertz CT molecular complexity index is 1740. The van der Waals surface area contributed by atoms with E-state index in [1.807, 2.05) is 44.0 Å². The molecular formula is C29H28N10O. The Labute approximate surface area is 231 Å². The van der Waals surface area contributed by atoms with Crippen LogP contribution in [0.4, 0.5) is 11.6 Å². The number of aryl methyl sites for hydroxylation is 1. The Morgan fingerprint density at radius 1 is 1.02 bits per heavy atom. The van der Waals surface area contributed by atoms with E-state index >= 15 is 0 Å². The molecule has 11 heteroatoms. The number of nitriles is 1. The SMILES string of the molecule is COc1ccc(CN2C3CC2CN(c2ccc(-c4cc(-c5cnn(C)c5)cn5nc(N)c(C#N)c45)cn2)C3)cn1. The van der Waals surface area contributed by atoms with Crippen LogP contribution in [0.3, 0.4) is 0 Å². The molecule has 40 heavy (non-hydrogen) atoms. The minimum absolute atomic E-state index is 0.208. The van der Waals surface area contributed by atoms with Crippen molar-refractivity contribution < 1.29 is 4.74 Å². The maximum Gasteiger partial charge on any atom is 0.212 e. The number of hydrogen-bond acceptors (Lipinski definition) is 9. The Morgan fingerprint density at radius 2 is 1.88 bits per heavy atom. The molecule has 3 saturated heterocycles. The summed E-state index contributed by atoms with van der Waals surface area (Å²) >= 11 is 0. The molecule has 3 fully saturated rings. The minimum Gasteiger partial charge on any atom is -0.481 e. The lowest BCUT2D eigenvalue weighted by Crippen LogP contribution is -2.68. The Kier molecular flexibility index (Phi) is 5.64. The van der Waals surface area contributed by atoms with Crippen LogP contribution in [0.15, 0.2) is 61.3 Å². The summed E-state index contributed by atoms with van der Waals surface area (Å²) in [7, 11) is 3.51. The van der Waals surface area contributed by atoms with Crippen LogP contribution in [-0.4, -0.2) is 66.5 Å². The summed E-state index contributed by atoms with van der Waals surface area (Å²) in [5.41, 5.74) is 12.0. The minimum atomic E-state index is 0.208. The van der Waals surface area contributed by atoms with Gasteiger partial charge in [0.05, 0.1) is 18.8 Å². The van der Waals surface area contributed by atoms with Crippen molar-refractivity contribution in [2.75, 3.05) is 30.8 Å². The second-order valence-corrected chi connectivity index (χ2v) is 10.4. The van der Waals surface area contributed by atoms with Crippen molar-refractivity contribution in [2.45, 2.75) is 25.0 Å². The number of aromatic nitrogens is 6. The van der Waals surface area contributed by atoms with Crippen molar-refractivity contribution in [3.05, 3.63) is 72.4 Å². The third-order valence-electron chi connectivity index (χ3n) is 8.00. The molecular weight excluding hydrogens is 504 g/mol. The van der Waals surface area contributed by atoms with Gasteiger partial charge in [-0.15, -0.1) is 5.10 Å². The van der Waals surface area contributed by atoms with Crippen LogP contribution >= 0.6 is 0 Å². The molecule has 0 aliphatic carbocycles. The van der Waals surface area contributed by atoms with Gasteiger partial charge in [-0.25, -0.2) is 14.5 Å². The third-order valence-corrected chi connectivity index (χ3v) is 8.00. The van der Waals surface area contributed by atoms with Crippen LogP contribution in [0.1, 0.15) is 17.5 Å². The first-order chi connectivity index (χ1) is 19.5. The average Bonchev–Trinajstić information content (AvgIpc) is 3.57. The van der Waals surface area contributed by atoms with Crippen LogP contribution < -0.4 is 15.4 Å². The summed E-state index contributed by atoms with van der Waals surface area (Å²) in [6.45, 7) is 2.77. The van der Waals surface area contributed by atoms with Gasteiger partial charge in [-0.2, -0.15) is 10.4 Å². The lowest BCUT2D eigenvalue weighted by Gasteiger charge is -2.56. The van der Waals surface area contributed by atoms with Gasteiger partial charge in [0.15, 0.2) is 5.82 Å². The number of hydrogen-bond donors (Lipinski definition) is 1. The van der Waals surface area contributed by atoms with Crippen LogP contribution in [0, 0.1) is 11.3 Å². The zero-order valence-electron chi connectivity index (χ0n) is 22.3. The number of ether oxygens (including phenoxy) is 1. The predicted octanol–water partition coefficient (Wildman–Crippen LogP) is 3.12. The van der Waals surface area contributed by atoms with E-state index in [2.05, 4.69) is 49.2 Å². The number of nitrogens with two attached hydrogens (primary N) is 1. The largest absolute Gasteiger partial charge is 0.481 e. The number of anilines is 2. The van der Waals surface area contributed by atoms with Gasteiger partial charge in [-0.3, -0.25) is 9.58 Å². The van der Waals surface area contributed by atoms with Crippen LogP contribution in [0.5, 0.6) is 5.88 Å². The number of nitrogen functional groups attached to an aromatic ring is 1. The summed E-state index contributed by atoms with van der Waals surface area (Å²) in [5.74, 6) is 1.80. The summed E-state index contributed by atoms with van der Waals surface area (Å²) < 4.78 is 8.62. The van der Waals surface area contributed by atoms with Crippen molar-refractivity contribution in [3.8, 4) is 34.2 Å². The molecule has 2 atom stereocenters. The molecule has 5 aromatic rings. The molecule has 2 bridgehead atoms. The fraction of sp³-hybridized carbons (Fsp3) is 0.276. The van der Waals surface area contributed by atoms with Crippen molar-refractivity contribution in [3.63, 3.8) is 0 Å². The first kappa shape index (κ1) is 24.1. The van der Waals surface area contributed by atoms with Gasteiger partial charge in [0.1, 0.15) is 17.5 Å². The van der Waals surface area contributed by atoms with E-state index in [0.717, 1.165) is 47.7 Å². The van der Waals surface area contributed by atoms with Gasteiger partial charge in [-0.1, -0.05) is 6.07 Å². The number of rotatable bonds is 6. The smallest absolute Gasteiger partial charge is 0.212 e. The van der Waals surface area contributed by atoms with Gasteiger partial charge < -0.3 is 15.4 Å². The van der Waals surface area contributed by atoms with E-state index in [1.54, 1.807) is 22.5 Å². The highest BCUT2D eigenvalue weighted by Gasteiger charge is 2.44. The summed E-state index contributed by atoms with van der Waals surface area (Å²) in [4.78, 5) is 14.1. The molecule has 0 amide bonds. The van der Waals surface area contributed by atoms with Gasteiger partial charge in [0.2, 0.25) is 5.88 Å².